The van der Waals surface area contributed by atoms with Crippen LogP contribution < -0.4 is 0 Å². The molecule has 3 fully saturated rings. The van der Waals surface area contributed by atoms with Crippen molar-refractivity contribution in [3.63, 3.8) is 0 Å². The first kappa shape index (κ1) is 15.8. The van der Waals surface area contributed by atoms with Gasteiger partial charge in [0.05, 0.1) is 5.52 Å². The minimum Gasteiger partial charge on any atom is -0.329 e. The van der Waals surface area contributed by atoms with Crippen molar-refractivity contribution in [2.24, 2.45) is 0 Å². The molecule has 1 aromatic carbocycles. The van der Waals surface area contributed by atoms with E-state index in [1.54, 1.807) is 0 Å². The molecule has 3 saturated heterocycles. The van der Waals surface area contributed by atoms with Crippen molar-refractivity contribution in [1.82, 2.24) is 19.7 Å². The number of hydrogen-bond donors (Lipinski definition) is 0. The van der Waals surface area contributed by atoms with Gasteiger partial charge in [-0.05, 0) is 30.5 Å². The molecule has 0 bridgehead atoms. The predicted octanol–water partition coefficient (Wildman–Crippen LogP) is 1.25. The normalized spacial score (nSPS) is 26.3. The molecule has 0 saturated carbocycles. The van der Waals surface area contributed by atoms with Crippen LogP contribution in [0.4, 0.5) is 0 Å². The number of amides is 2. The number of benzene rings is 1. The van der Waals surface area contributed by atoms with Crippen LogP contribution in [-0.2, 0) is 16.1 Å². The molecule has 0 aliphatic carbocycles. The fourth-order valence-electron chi connectivity index (χ4n) is 4.66. The van der Waals surface area contributed by atoms with Crippen LogP contribution in [0.3, 0.4) is 0 Å². The molecule has 0 spiro atoms. The molecule has 6 heteroatoms. The number of hydrogen-bond acceptors (Lipinski definition) is 4. The molecule has 26 heavy (non-hydrogen) atoms. The molecule has 0 N–H and O–H groups in total. The fraction of sp³-hybridized carbons (Fsp3) is 0.450. The van der Waals surface area contributed by atoms with Crippen LogP contribution in [0.15, 0.2) is 36.5 Å². The Hall–Kier alpha value is -2.47. The van der Waals surface area contributed by atoms with Crippen molar-refractivity contribution in [1.29, 1.82) is 0 Å². The fourth-order valence-corrected chi connectivity index (χ4v) is 4.66. The highest BCUT2D eigenvalue weighted by molar-refractivity contribution is 5.97. The van der Waals surface area contributed by atoms with Crippen molar-refractivity contribution in [2.45, 2.75) is 31.5 Å². The van der Waals surface area contributed by atoms with Crippen molar-refractivity contribution in [3.05, 3.63) is 42.1 Å². The Morgan fingerprint density at radius 3 is 2.69 bits per heavy atom. The quantitative estimate of drug-likeness (QED) is 0.818. The van der Waals surface area contributed by atoms with Crippen LogP contribution in [0.5, 0.6) is 0 Å². The van der Waals surface area contributed by atoms with Gasteiger partial charge < -0.3 is 9.80 Å². The molecule has 3 aliphatic heterocycles. The van der Waals surface area contributed by atoms with Gasteiger partial charge in [0.25, 0.3) is 0 Å². The summed E-state index contributed by atoms with van der Waals surface area (Å²) in [7, 11) is 0. The van der Waals surface area contributed by atoms with E-state index in [1.165, 1.54) is 5.56 Å². The SMILES string of the molecule is O=C1C2CN(Cc3ccnc4ccccc34)CCN2C(=O)C2CCCN12. The average molecular weight is 350 g/mol. The summed E-state index contributed by atoms with van der Waals surface area (Å²) in [6.07, 6.45) is 3.61. The van der Waals surface area contributed by atoms with Gasteiger partial charge in [-0.1, -0.05) is 18.2 Å². The second-order valence-electron chi connectivity index (χ2n) is 7.46. The van der Waals surface area contributed by atoms with Crippen LogP contribution in [0.1, 0.15) is 18.4 Å². The summed E-state index contributed by atoms with van der Waals surface area (Å²) >= 11 is 0. The first-order valence-electron chi connectivity index (χ1n) is 9.38. The molecule has 3 aliphatic rings. The third-order valence-electron chi connectivity index (χ3n) is 5.99. The molecule has 1 aromatic heterocycles. The van der Waals surface area contributed by atoms with Crippen molar-refractivity contribution >= 4 is 22.7 Å². The zero-order valence-electron chi connectivity index (χ0n) is 14.7. The van der Waals surface area contributed by atoms with E-state index in [4.69, 9.17) is 0 Å². The molecular formula is C20H22N4O2. The Kier molecular flexibility index (Phi) is 3.67. The maximum Gasteiger partial charge on any atom is 0.247 e. The number of para-hydroxylation sites is 1. The maximum absolute atomic E-state index is 12.9. The Balaban J connectivity index is 1.38. The van der Waals surface area contributed by atoms with Crippen LogP contribution in [0, 0.1) is 0 Å². The number of fused-ring (bicyclic) bond motifs is 3. The molecular weight excluding hydrogens is 328 g/mol. The van der Waals surface area contributed by atoms with E-state index in [9.17, 15) is 9.59 Å². The Labute approximate surface area is 152 Å². The highest BCUT2D eigenvalue weighted by Gasteiger charge is 2.49. The molecule has 134 valence electrons. The molecule has 2 aromatic rings. The molecule has 0 radical (unpaired) electrons. The van der Waals surface area contributed by atoms with Gasteiger partial charge in [0.2, 0.25) is 11.8 Å². The Morgan fingerprint density at radius 2 is 1.77 bits per heavy atom. The van der Waals surface area contributed by atoms with Gasteiger partial charge >= 0.3 is 0 Å². The topological polar surface area (TPSA) is 56.8 Å². The highest BCUT2D eigenvalue weighted by Crippen LogP contribution is 2.29. The second-order valence-corrected chi connectivity index (χ2v) is 7.46. The summed E-state index contributed by atoms with van der Waals surface area (Å²) in [5.74, 6) is 0.289. The van der Waals surface area contributed by atoms with Crippen molar-refractivity contribution < 1.29 is 9.59 Å². The van der Waals surface area contributed by atoms with E-state index in [0.717, 1.165) is 43.4 Å². The van der Waals surface area contributed by atoms with Crippen molar-refractivity contribution in [3.8, 4) is 0 Å². The third kappa shape index (κ3) is 2.40. The van der Waals surface area contributed by atoms with Gasteiger partial charge in [-0.2, -0.15) is 0 Å². The molecule has 2 atom stereocenters. The summed E-state index contributed by atoms with van der Waals surface area (Å²) in [5, 5.41) is 1.16. The van der Waals surface area contributed by atoms with Crippen LogP contribution >= 0.6 is 0 Å². The Bertz CT molecular complexity index is 878. The monoisotopic (exact) mass is 350 g/mol. The van der Waals surface area contributed by atoms with E-state index >= 15 is 0 Å². The average Bonchev–Trinajstić information content (AvgIpc) is 3.17. The van der Waals surface area contributed by atoms with E-state index < -0.39 is 0 Å². The summed E-state index contributed by atoms with van der Waals surface area (Å²) < 4.78 is 0. The number of pyridine rings is 1. The lowest BCUT2D eigenvalue weighted by atomic mass is 10.0. The van der Waals surface area contributed by atoms with Gasteiger partial charge in [0.15, 0.2) is 0 Å². The molecule has 2 unspecified atom stereocenters. The van der Waals surface area contributed by atoms with E-state index in [-0.39, 0.29) is 23.9 Å². The second kappa shape index (κ2) is 6.06. The van der Waals surface area contributed by atoms with Gasteiger partial charge in [-0.3, -0.25) is 19.5 Å². The highest BCUT2D eigenvalue weighted by atomic mass is 16.2. The first-order chi connectivity index (χ1) is 12.7. The standard InChI is InChI=1S/C20H22N4O2/c25-19-17-6-3-9-23(17)20(26)18-13-22(10-11-24(18)19)12-14-7-8-21-16-5-2-1-4-15(14)16/h1-2,4-5,7-8,17-18H,3,6,9-13H2. The number of carbonyl (C=O) groups excluding carboxylic acids is 2. The third-order valence-corrected chi connectivity index (χ3v) is 5.99. The largest absolute Gasteiger partial charge is 0.329 e. The van der Waals surface area contributed by atoms with Crippen LogP contribution in [0.2, 0.25) is 0 Å². The van der Waals surface area contributed by atoms with Crippen LogP contribution in [0.25, 0.3) is 10.9 Å². The Morgan fingerprint density at radius 1 is 0.962 bits per heavy atom. The summed E-state index contributed by atoms with van der Waals surface area (Å²) in [5.41, 5.74) is 2.21. The van der Waals surface area contributed by atoms with E-state index in [0.29, 0.717) is 13.1 Å². The van der Waals surface area contributed by atoms with Gasteiger partial charge in [-0.15, -0.1) is 0 Å². The zero-order chi connectivity index (χ0) is 17.7. The van der Waals surface area contributed by atoms with Crippen molar-refractivity contribution in [2.75, 3.05) is 26.2 Å². The predicted molar refractivity (Wildman–Crippen MR) is 97.3 cm³/mol. The minimum atomic E-state index is -0.321. The summed E-state index contributed by atoms with van der Waals surface area (Å²) in [6.45, 7) is 3.57. The zero-order valence-corrected chi connectivity index (χ0v) is 14.7. The summed E-state index contributed by atoms with van der Waals surface area (Å²) in [4.78, 5) is 36.0. The lowest BCUT2D eigenvalue weighted by molar-refractivity contribution is -0.163. The van der Waals surface area contributed by atoms with Crippen LogP contribution in [-0.4, -0.2) is 69.8 Å². The van der Waals surface area contributed by atoms with E-state index in [2.05, 4.69) is 22.0 Å². The number of rotatable bonds is 2. The first-order valence-corrected chi connectivity index (χ1v) is 9.38. The minimum absolute atomic E-state index is 0.136. The van der Waals surface area contributed by atoms with Gasteiger partial charge in [0, 0.05) is 44.3 Å². The lowest BCUT2D eigenvalue weighted by Gasteiger charge is -2.47. The molecule has 5 rings (SSSR count). The smallest absolute Gasteiger partial charge is 0.247 e. The summed E-state index contributed by atoms with van der Waals surface area (Å²) in [6, 6.07) is 9.68. The lowest BCUT2D eigenvalue weighted by Crippen LogP contribution is -2.68. The van der Waals surface area contributed by atoms with E-state index in [1.807, 2.05) is 34.2 Å². The maximum atomic E-state index is 12.9. The van der Waals surface area contributed by atoms with Gasteiger partial charge in [-0.25, -0.2) is 0 Å². The molecule has 6 nitrogen and oxygen atoms in total. The molecule has 4 heterocycles. The van der Waals surface area contributed by atoms with Gasteiger partial charge in [0.1, 0.15) is 12.1 Å². The number of carbonyl (C=O) groups is 2. The number of nitrogens with zero attached hydrogens (tertiary/aromatic N) is 4. The number of piperazine rings is 2. The number of aromatic nitrogens is 1. The molecule has 2 amide bonds.